The molecule has 0 saturated heterocycles. The summed E-state index contributed by atoms with van der Waals surface area (Å²) in [5, 5.41) is 4.24. The van der Waals surface area contributed by atoms with E-state index >= 15 is 0 Å². The first-order valence-electron chi connectivity index (χ1n) is 4.83. The van der Waals surface area contributed by atoms with Gasteiger partial charge in [-0.05, 0) is 19.9 Å². The molecule has 2 heterocycles. The number of rotatable bonds is 2. The fraction of sp³-hybridized carbons (Fsp3) is 0.300. The van der Waals surface area contributed by atoms with E-state index in [1.807, 2.05) is 18.5 Å². The molecule has 5 heteroatoms. The van der Waals surface area contributed by atoms with Crippen LogP contribution in [0.4, 0.5) is 5.82 Å². The topological polar surface area (TPSA) is 69.6 Å². The van der Waals surface area contributed by atoms with Gasteiger partial charge in [0.05, 0.1) is 11.8 Å². The minimum Gasteiger partial charge on any atom is -0.384 e. The van der Waals surface area contributed by atoms with Crippen molar-refractivity contribution in [3.05, 3.63) is 24.2 Å². The summed E-state index contributed by atoms with van der Waals surface area (Å²) < 4.78 is 1.90. The molecule has 0 spiro atoms. The van der Waals surface area contributed by atoms with Crippen LogP contribution in [0.1, 0.15) is 12.6 Å². The van der Waals surface area contributed by atoms with Crippen LogP contribution in [0.3, 0.4) is 0 Å². The van der Waals surface area contributed by atoms with Crippen molar-refractivity contribution in [2.75, 3.05) is 5.73 Å². The number of nitrogens with two attached hydrogens (primary N) is 1. The Kier molecular flexibility index (Phi) is 2.37. The van der Waals surface area contributed by atoms with E-state index in [1.165, 1.54) is 0 Å². The van der Waals surface area contributed by atoms with Crippen LogP contribution in [0.2, 0.25) is 0 Å². The molecule has 0 saturated carbocycles. The van der Waals surface area contributed by atoms with Crippen molar-refractivity contribution in [1.82, 2.24) is 19.7 Å². The summed E-state index contributed by atoms with van der Waals surface area (Å²) in [7, 11) is 0. The molecule has 2 N–H and O–H groups in total. The number of hydrogen-bond donors (Lipinski definition) is 1. The Labute approximate surface area is 88.0 Å². The average molecular weight is 203 g/mol. The molecule has 0 bridgehead atoms. The minimum atomic E-state index is 0.476. The Morgan fingerprint density at radius 2 is 2.27 bits per heavy atom. The molecule has 15 heavy (non-hydrogen) atoms. The van der Waals surface area contributed by atoms with Gasteiger partial charge in [-0.3, -0.25) is 4.68 Å². The number of nitrogens with zero attached hydrogens (tertiary/aromatic N) is 4. The molecule has 2 rings (SSSR count). The highest BCUT2D eigenvalue weighted by Crippen LogP contribution is 2.19. The molecule has 0 aliphatic heterocycles. The van der Waals surface area contributed by atoms with Crippen molar-refractivity contribution >= 4 is 5.82 Å². The molecular weight excluding hydrogens is 190 g/mol. The highest BCUT2D eigenvalue weighted by Gasteiger charge is 2.09. The maximum atomic E-state index is 5.61. The number of anilines is 1. The Balaban J connectivity index is 2.49. The van der Waals surface area contributed by atoms with Crippen molar-refractivity contribution in [1.29, 1.82) is 0 Å². The highest BCUT2D eigenvalue weighted by atomic mass is 15.3. The van der Waals surface area contributed by atoms with Crippen molar-refractivity contribution in [2.24, 2.45) is 0 Å². The first kappa shape index (κ1) is 9.64. The Morgan fingerprint density at radius 1 is 1.47 bits per heavy atom. The van der Waals surface area contributed by atoms with Gasteiger partial charge in [-0.15, -0.1) is 0 Å². The van der Waals surface area contributed by atoms with Gasteiger partial charge >= 0.3 is 0 Å². The fourth-order valence-electron chi connectivity index (χ4n) is 1.49. The number of aromatic nitrogens is 4. The summed E-state index contributed by atoms with van der Waals surface area (Å²) in [6.07, 6.45) is 3.42. The maximum absolute atomic E-state index is 5.61. The van der Waals surface area contributed by atoms with Crippen LogP contribution in [0.5, 0.6) is 0 Å². The third kappa shape index (κ3) is 1.68. The predicted molar refractivity (Wildman–Crippen MR) is 58.1 cm³/mol. The molecule has 0 aliphatic carbocycles. The summed E-state index contributed by atoms with van der Waals surface area (Å²) >= 11 is 0. The Morgan fingerprint density at radius 3 is 2.87 bits per heavy atom. The van der Waals surface area contributed by atoms with Crippen LogP contribution >= 0.6 is 0 Å². The highest BCUT2D eigenvalue weighted by molar-refractivity contribution is 5.58. The molecule has 0 fully saturated rings. The molecule has 5 nitrogen and oxygen atoms in total. The van der Waals surface area contributed by atoms with Crippen LogP contribution in [0.25, 0.3) is 11.4 Å². The van der Waals surface area contributed by atoms with Gasteiger partial charge < -0.3 is 5.73 Å². The quantitative estimate of drug-likeness (QED) is 0.797. The van der Waals surface area contributed by atoms with Crippen LogP contribution in [-0.2, 0) is 6.54 Å². The van der Waals surface area contributed by atoms with Crippen LogP contribution in [-0.4, -0.2) is 19.7 Å². The van der Waals surface area contributed by atoms with Gasteiger partial charge in [-0.1, -0.05) is 0 Å². The fourth-order valence-corrected chi connectivity index (χ4v) is 1.49. The van der Waals surface area contributed by atoms with Gasteiger partial charge in [0.25, 0.3) is 0 Å². The van der Waals surface area contributed by atoms with E-state index in [-0.39, 0.29) is 0 Å². The van der Waals surface area contributed by atoms with Gasteiger partial charge in [0.2, 0.25) is 0 Å². The number of hydrogen-bond acceptors (Lipinski definition) is 4. The third-order valence-electron chi connectivity index (χ3n) is 2.32. The smallest absolute Gasteiger partial charge is 0.164 e. The normalized spacial score (nSPS) is 10.5. The number of aryl methyl sites for hydroxylation is 1. The lowest BCUT2D eigenvalue weighted by atomic mass is 10.2. The second kappa shape index (κ2) is 3.68. The zero-order valence-electron chi connectivity index (χ0n) is 8.81. The predicted octanol–water partition coefficient (Wildman–Crippen LogP) is 1.25. The lowest BCUT2D eigenvalue weighted by molar-refractivity contribution is 0.640. The zero-order valence-corrected chi connectivity index (χ0v) is 8.81. The average Bonchev–Trinajstić information content (AvgIpc) is 2.59. The Bertz CT molecular complexity index is 474. The van der Waals surface area contributed by atoms with E-state index < -0.39 is 0 Å². The summed E-state index contributed by atoms with van der Waals surface area (Å²) in [6, 6.07) is 1.67. The molecule has 2 aromatic heterocycles. The van der Waals surface area contributed by atoms with E-state index in [2.05, 4.69) is 15.1 Å². The standard InChI is InChI=1S/C10H13N5/c1-3-15-7(2)8(6-13-15)10-12-5-4-9(11)14-10/h4-6H,3H2,1-2H3,(H2,11,12,14). The molecule has 0 unspecified atom stereocenters. The zero-order chi connectivity index (χ0) is 10.8. The summed E-state index contributed by atoms with van der Waals surface area (Å²) in [6.45, 7) is 4.89. The molecule has 0 aromatic carbocycles. The van der Waals surface area contributed by atoms with E-state index in [9.17, 15) is 0 Å². The monoisotopic (exact) mass is 203 g/mol. The largest absolute Gasteiger partial charge is 0.384 e. The van der Waals surface area contributed by atoms with E-state index in [4.69, 9.17) is 5.73 Å². The van der Waals surface area contributed by atoms with Crippen LogP contribution in [0.15, 0.2) is 18.5 Å². The molecular formula is C10H13N5. The van der Waals surface area contributed by atoms with E-state index in [0.717, 1.165) is 17.8 Å². The van der Waals surface area contributed by atoms with Crippen molar-refractivity contribution in [3.8, 4) is 11.4 Å². The molecule has 2 aromatic rings. The molecule has 78 valence electrons. The van der Waals surface area contributed by atoms with E-state index in [1.54, 1.807) is 18.5 Å². The number of nitrogen functional groups attached to an aromatic ring is 1. The second-order valence-corrected chi connectivity index (χ2v) is 3.26. The first-order valence-corrected chi connectivity index (χ1v) is 4.83. The second-order valence-electron chi connectivity index (χ2n) is 3.26. The molecule has 0 radical (unpaired) electrons. The molecule has 0 aliphatic rings. The van der Waals surface area contributed by atoms with Crippen molar-refractivity contribution in [3.63, 3.8) is 0 Å². The SMILES string of the molecule is CCn1ncc(-c2nccc(N)n2)c1C. The van der Waals surface area contributed by atoms with Gasteiger partial charge in [-0.2, -0.15) is 5.10 Å². The van der Waals surface area contributed by atoms with Gasteiger partial charge in [0.15, 0.2) is 5.82 Å². The first-order chi connectivity index (χ1) is 7.22. The lowest BCUT2D eigenvalue weighted by Gasteiger charge is -2.01. The molecule has 0 amide bonds. The van der Waals surface area contributed by atoms with Crippen molar-refractivity contribution in [2.45, 2.75) is 20.4 Å². The van der Waals surface area contributed by atoms with Crippen LogP contribution in [0, 0.1) is 6.92 Å². The van der Waals surface area contributed by atoms with Gasteiger partial charge in [0, 0.05) is 18.4 Å². The van der Waals surface area contributed by atoms with E-state index in [0.29, 0.717) is 11.6 Å². The summed E-state index contributed by atoms with van der Waals surface area (Å²) in [5.41, 5.74) is 7.60. The maximum Gasteiger partial charge on any atom is 0.164 e. The van der Waals surface area contributed by atoms with Gasteiger partial charge in [0.1, 0.15) is 5.82 Å². The lowest BCUT2D eigenvalue weighted by Crippen LogP contribution is -1.99. The molecule has 0 atom stereocenters. The third-order valence-corrected chi connectivity index (χ3v) is 2.32. The van der Waals surface area contributed by atoms with Crippen molar-refractivity contribution < 1.29 is 0 Å². The summed E-state index contributed by atoms with van der Waals surface area (Å²) in [5.74, 6) is 1.11. The minimum absolute atomic E-state index is 0.476. The van der Waals surface area contributed by atoms with Crippen LogP contribution < -0.4 is 5.73 Å². The Hall–Kier alpha value is -1.91. The summed E-state index contributed by atoms with van der Waals surface area (Å²) in [4.78, 5) is 8.34. The van der Waals surface area contributed by atoms with Gasteiger partial charge in [-0.25, -0.2) is 9.97 Å².